The monoisotopic (exact) mass is 326 g/mol. The smallest absolute Gasteiger partial charge is 0.247 e. The molecule has 2 aliphatic rings. The van der Waals surface area contributed by atoms with Crippen molar-refractivity contribution in [3.05, 3.63) is 22.4 Å². The second kappa shape index (κ2) is 4.78. The van der Waals surface area contributed by atoms with E-state index in [2.05, 4.69) is 33.1 Å². The first-order valence-electron chi connectivity index (χ1n) is 6.66. The lowest BCUT2D eigenvalue weighted by molar-refractivity contribution is -0.118. The molecule has 1 fully saturated rings. The molecule has 1 aromatic rings. The van der Waals surface area contributed by atoms with Gasteiger partial charge in [-0.05, 0) is 40.8 Å². The molecule has 0 aromatic heterocycles. The Morgan fingerprint density at radius 3 is 3.05 bits per heavy atom. The van der Waals surface area contributed by atoms with Gasteiger partial charge in [0.25, 0.3) is 0 Å². The number of amides is 1. The average molecular weight is 327 g/mol. The van der Waals surface area contributed by atoms with Crippen LogP contribution in [-0.2, 0) is 4.79 Å². The molecule has 2 heterocycles. The van der Waals surface area contributed by atoms with E-state index >= 15 is 0 Å². The van der Waals surface area contributed by atoms with Crippen molar-refractivity contribution in [2.24, 2.45) is 5.92 Å². The Hall–Kier alpha value is -1.10. The number of carbonyl (C=O) groups is 1. The molecule has 0 aliphatic carbocycles. The molecule has 3 rings (SSSR count). The molecule has 102 valence electrons. The van der Waals surface area contributed by atoms with Crippen LogP contribution in [0.1, 0.15) is 26.2 Å². The normalized spacial score (nSPS) is 25.6. The number of hydrogen-bond acceptors (Lipinski definition) is 2. The summed E-state index contributed by atoms with van der Waals surface area (Å²) in [6.07, 6.45) is 3.09. The zero-order valence-electron chi connectivity index (χ0n) is 10.7. The maximum absolute atomic E-state index is 13.6. The van der Waals surface area contributed by atoms with Crippen molar-refractivity contribution in [3.8, 4) is 0 Å². The second-order valence-electron chi connectivity index (χ2n) is 5.28. The molecule has 0 saturated carbocycles. The molecule has 1 amide bonds. The number of rotatable bonds is 1. The molecule has 0 spiro atoms. The molecule has 0 radical (unpaired) electrons. The maximum Gasteiger partial charge on any atom is 0.247 e. The standard InChI is InChI=1S/C14H16BrFN2O/c1-2-8-3-4-18-12-6-9(15)10(16)7-11(12)17-14(19)13(18)5-8/h6-8,13H,2-5H2,1H3,(H,17,19). The van der Waals surface area contributed by atoms with Crippen LogP contribution < -0.4 is 10.2 Å². The van der Waals surface area contributed by atoms with Crippen LogP contribution in [0.5, 0.6) is 0 Å². The van der Waals surface area contributed by atoms with Gasteiger partial charge in [-0.2, -0.15) is 0 Å². The van der Waals surface area contributed by atoms with Gasteiger partial charge in [0.15, 0.2) is 0 Å². The van der Waals surface area contributed by atoms with Crippen molar-refractivity contribution in [2.45, 2.75) is 32.2 Å². The molecular weight excluding hydrogens is 311 g/mol. The minimum atomic E-state index is -0.346. The molecule has 3 nitrogen and oxygen atoms in total. The number of piperidine rings is 1. The van der Waals surface area contributed by atoms with Crippen molar-refractivity contribution in [2.75, 3.05) is 16.8 Å². The van der Waals surface area contributed by atoms with Crippen molar-refractivity contribution >= 4 is 33.2 Å². The van der Waals surface area contributed by atoms with Gasteiger partial charge in [-0.3, -0.25) is 4.79 Å². The summed E-state index contributed by atoms with van der Waals surface area (Å²) in [5.41, 5.74) is 1.50. The highest BCUT2D eigenvalue weighted by atomic mass is 79.9. The lowest BCUT2D eigenvalue weighted by atomic mass is 9.87. The first-order chi connectivity index (χ1) is 9.10. The van der Waals surface area contributed by atoms with E-state index in [0.717, 1.165) is 31.5 Å². The summed E-state index contributed by atoms with van der Waals surface area (Å²) in [5, 5.41) is 2.83. The Morgan fingerprint density at radius 1 is 1.53 bits per heavy atom. The quantitative estimate of drug-likeness (QED) is 0.856. The molecule has 1 saturated heterocycles. The van der Waals surface area contributed by atoms with E-state index in [4.69, 9.17) is 0 Å². The second-order valence-corrected chi connectivity index (χ2v) is 6.13. The lowest BCUT2D eigenvalue weighted by Crippen LogP contribution is -2.52. The van der Waals surface area contributed by atoms with Gasteiger partial charge >= 0.3 is 0 Å². The van der Waals surface area contributed by atoms with Gasteiger partial charge in [0, 0.05) is 12.6 Å². The zero-order chi connectivity index (χ0) is 13.6. The third kappa shape index (κ3) is 2.14. The van der Waals surface area contributed by atoms with Crippen molar-refractivity contribution in [3.63, 3.8) is 0 Å². The number of carbonyl (C=O) groups excluding carboxylic acids is 1. The fourth-order valence-electron chi connectivity index (χ4n) is 3.04. The van der Waals surface area contributed by atoms with Crippen LogP contribution in [0.15, 0.2) is 16.6 Å². The van der Waals surface area contributed by atoms with Crippen LogP contribution >= 0.6 is 15.9 Å². The maximum atomic E-state index is 13.6. The van der Waals surface area contributed by atoms with Crippen LogP contribution in [-0.4, -0.2) is 18.5 Å². The Balaban J connectivity index is 1.99. The van der Waals surface area contributed by atoms with Gasteiger partial charge in [-0.1, -0.05) is 13.3 Å². The van der Waals surface area contributed by atoms with Gasteiger partial charge in [-0.25, -0.2) is 4.39 Å². The average Bonchev–Trinajstić information content (AvgIpc) is 2.41. The molecule has 1 aromatic carbocycles. The number of benzene rings is 1. The first kappa shape index (κ1) is 12.9. The van der Waals surface area contributed by atoms with Crippen LogP contribution in [0.4, 0.5) is 15.8 Å². The molecular formula is C14H16BrFN2O. The third-order valence-corrected chi connectivity index (χ3v) is 4.80. The fourth-order valence-corrected chi connectivity index (χ4v) is 3.37. The van der Waals surface area contributed by atoms with E-state index in [1.807, 2.05) is 0 Å². The predicted octanol–water partition coefficient (Wildman–Crippen LogP) is 3.54. The summed E-state index contributed by atoms with van der Waals surface area (Å²) in [6.45, 7) is 3.03. The number of halogens is 2. The summed E-state index contributed by atoms with van der Waals surface area (Å²) in [7, 11) is 0. The Bertz CT molecular complexity index is 534. The van der Waals surface area contributed by atoms with E-state index in [1.165, 1.54) is 6.07 Å². The van der Waals surface area contributed by atoms with Gasteiger partial charge in [0.2, 0.25) is 5.91 Å². The van der Waals surface area contributed by atoms with Crippen LogP contribution in [0, 0.1) is 11.7 Å². The molecule has 2 unspecified atom stereocenters. The molecule has 5 heteroatoms. The van der Waals surface area contributed by atoms with Crippen LogP contribution in [0.3, 0.4) is 0 Å². The largest absolute Gasteiger partial charge is 0.358 e. The van der Waals surface area contributed by atoms with E-state index in [-0.39, 0.29) is 17.8 Å². The van der Waals surface area contributed by atoms with Gasteiger partial charge in [0.1, 0.15) is 11.9 Å². The highest BCUT2D eigenvalue weighted by molar-refractivity contribution is 9.10. The Morgan fingerprint density at radius 2 is 2.32 bits per heavy atom. The molecule has 2 atom stereocenters. The minimum absolute atomic E-state index is 0.00706. The van der Waals surface area contributed by atoms with E-state index in [0.29, 0.717) is 16.1 Å². The molecule has 0 bridgehead atoms. The summed E-state index contributed by atoms with van der Waals surface area (Å²) < 4.78 is 14.0. The van der Waals surface area contributed by atoms with Gasteiger partial charge < -0.3 is 10.2 Å². The van der Waals surface area contributed by atoms with Crippen LogP contribution in [0.25, 0.3) is 0 Å². The number of nitrogens with zero attached hydrogens (tertiary/aromatic N) is 1. The SMILES string of the molecule is CCC1CCN2c3cc(Br)c(F)cc3NC(=O)C2C1. The van der Waals surface area contributed by atoms with E-state index in [1.54, 1.807) is 6.07 Å². The van der Waals surface area contributed by atoms with Crippen molar-refractivity contribution in [1.29, 1.82) is 0 Å². The summed E-state index contributed by atoms with van der Waals surface area (Å²) in [5.74, 6) is 0.255. The number of hydrogen-bond donors (Lipinski definition) is 1. The van der Waals surface area contributed by atoms with E-state index in [9.17, 15) is 9.18 Å². The van der Waals surface area contributed by atoms with Crippen LogP contribution in [0.2, 0.25) is 0 Å². The molecule has 1 N–H and O–H groups in total. The fraction of sp³-hybridized carbons (Fsp3) is 0.500. The van der Waals surface area contributed by atoms with E-state index < -0.39 is 0 Å². The zero-order valence-corrected chi connectivity index (χ0v) is 12.3. The Kier molecular flexibility index (Phi) is 3.25. The lowest BCUT2D eigenvalue weighted by Gasteiger charge is -2.43. The molecule has 19 heavy (non-hydrogen) atoms. The number of anilines is 2. The highest BCUT2D eigenvalue weighted by Gasteiger charge is 2.37. The Labute approximate surface area is 120 Å². The predicted molar refractivity (Wildman–Crippen MR) is 76.9 cm³/mol. The van der Waals surface area contributed by atoms with Crippen molar-refractivity contribution < 1.29 is 9.18 Å². The summed E-state index contributed by atoms with van der Waals surface area (Å²) >= 11 is 3.22. The summed E-state index contributed by atoms with van der Waals surface area (Å²) in [4.78, 5) is 14.3. The van der Waals surface area contributed by atoms with Gasteiger partial charge in [-0.15, -0.1) is 0 Å². The topological polar surface area (TPSA) is 32.3 Å². The number of nitrogens with one attached hydrogen (secondary N) is 1. The van der Waals surface area contributed by atoms with Crippen molar-refractivity contribution in [1.82, 2.24) is 0 Å². The first-order valence-corrected chi connectivity index (χ1v) is 7.46. The highest BCUT2D eigenvalue weighted by Crippen LogP contribution is 2.40. The number of fused-ring (bicyclic) bond motifs is 3. The van der Waals surface area contributed by atoms with Gasteiger partial charge in [0.05, 0.1) is 15.8 Å². The molecule has 2 aliphatic heterocycles. The minimum Gasteiger partial charge on any atom is -0.358 e. The third-order valence-electron chi connectivity index (χ3n) is 4.20. The summed E-state index contributed by atoms with van der Waals surface area (Å²) in [6, 6.07) is 3.05.